The average molecular weight is 357 g/mol. The lowest BCUT2D eigenvalue weighted by molar-refractivity contribution is 0.0463. The third-order valence-corrected chi connectivity index (χ3v) is 4.92. The van der Waals surface area contributed by atoms with Crippen molar-refractivity contribution in [1.82, 2.24) is 9.13 Å². The Morgan fingerprint density at radius 1 is 1.23 bits per heavy atom. The number of fused-ring (bicyclic) bond motifs is 1. The molecule has 0 radical (unpaired) electrons. The molecular weight excluding hydrogens is 334 g/mol. The summed E-state index contributed by atoms with van der Waals surface area (Å²) in [5, 5.41) is 3.30. The number of anilines is 1. The molecule has 1 unspecified atom stereocenters. The van der Waals surface area contributed by atoms with E-state index in [9.17, 15) is 14.4 Å². The van der Waals surface area contributed by atoms with Crippen LogP contribution in [0.4, 0.5) is 5.69 Å². The molecule has 0 saturated heterocycles. The quantitative estimate of drug-likeness (QED) is 0.845. The lowest BCUT2D eigenvalue weighted by Gasteiger charge is -2.26. The van der Waals surface area contributed by atoms with Gasteiger partial charge in [0, 0.05) is 26.7 Å². The molecule has 0 bridgehead atoms. The number of benzene rings is 1. The molecule has 1 aromatic heterocycles. The molecule has 0 fully saturated rings. The van der Waals surface area contributed by atoms with Gasteiger partial charge in [0.25, 0.3) is 5.56 Å². The third-order valence-electron chi connectivity index (χ3n) is 4.92. The number of nitrogens with zero attached hydrogens (tertiary/aromatic N) is 2. The lowest BCUT2D eigenvalue weighted by Crippen LogP contribution is -2.38. The summed E-state index contributed by atoms with van der Waals surface area (Å²) >= 11 is 0. The van der Waals surface area contributed by atoms with Gasteiger partial charge in [-0.2, -0.15) is 0 Å². The molecule has 1 N–H and O–H groups in total. The first-order valence-electron chi connectivity index (χ1n) is 8.61. The van der Waals surface area contributed by atoms with Crippen molar-refractivity contribution in [2.45, 2.75) is 32.8 Å². The van der Waals surface area contributed by atoms with Gasteiger partial charge in [0.2, 0.25) is 0 Å². The highest BCUT2D eigenvalue weighted by molar-refractivity contribution is 5.97. The van der Waals surface area contributed by atoms with Crippen molar-refractivity contribution in [2.75, 3.05) is 11.9 Å². The molecule has 1 aliphatic heterocycles. The van der Waals surface area contributed by atoms with Crippen LogP contribution in [-0.2, 0) is 25.4 Å². The predicted molar refractivity (Wildman–Crippen MR) is 98.7 cm³/mol. The fourth-order valence-electron chi connectivity index (χ4n) is 3.26. The van der Waals surface area contributed by atoms with Crippen LogP contribution in [0.1, 0.15) is 46.4 Å². The van der Waals surface area contributed by atoms with Gasteiger partial charge >= 0.3 is 11.7 Å². The van der Waals surface area contributed by atoms with Gasteiger partial charge in [0.05, 0.1) is 16.9 Å². The van der Waals surface area contributed by atoms with Crippen molar-refractivity contribution in [2.24, 2.45) is 14.1 Å². The van der Waals surface area contributed by atoms with E-state index in [0.29, 0.717) is 17.2 Å². The second-order valence-corrected chi connectivity index (χ2v) is 6.84. The standard InChI is InChI=1S/C19H23N3O4/c1-11-7-14-12(2)5-6-20-17(14)15(8-11)18(24)26-10-13-9-16(23)22(4)19(25)21(13)3/h7-9,12,20H,5-6,10H2,1-4H3. The highest BCUT2D eigenvalue weighted by atomic mass is 16.5. The Balaban J connectivity index is 1.89. The Kier molecular flexibility index (Phi) is 4.71. The topological polar surface area (TPSA) is 82.3 Å². The van der Waals surface area contributed by atoms with E-state index in [-0.39, 0.29) is 6.61 Å². The molecule has 0 aliphatic carbocycles. The van der Waals surface area contributed by atoms with Crippen molar-refractivity contribution >= 4 is 11.7 Å². The number of hydrogen-bond donors (Lipinski definition) is 1. The Labute approximate surface area is 151 Å². The van der Waals surface area contributed by atoms with Crippen LogP contribution >= 0.6 is 0 Å². The zero-order valence-electron chi connectivity index (χ0n) is 15.5. The predicted octanol–water partition coefficient (Wildman–Crippen LogP) is 1.67. The lowest BCUT2D eigenvalue weighted by atomic mass is 9.89. The van der Waals surface area contributed by atoms with Gasteiger partial charge in [-0.3, -0.25) is 13.9 Å². The van der Waals surface area contributed by atoms with Crippen LogP contribution in [-0.4, -0.2) is 21.6 Å². The summed E-state index contributed by atoms with van der Waals surface area (Å²) in [6, 6.07) is 5.20. The third kappa shape index (κ3) is 3.16. The van der Waals surface area contributed by atoms with E-state index >= 15 is 0 Å². The number of hydrogen-bond acceptors (Lipinski definition) is 5. The van der Waals surface area contributed by atoms with Crippen molar-refractivity contribution in [3.05, 3.63) is 61.4 Å². The van der Waals surface area contributed by atoms with Gasteiger partial charge in [0.1, 0.15) is 6.61 Å². The van der Waals surface area contributed by atoms with E-state index in [0.717, 1.165) is 34.3 Å². The minimum Gasteiger partial charge on any atom is -0.456 e. The number of carbonyl (C=O) groups excluding carboxylic acids is 1. The minimum atomic E-state index is -0.473. The molecule has 7 heteroatoms. The Morgan fingerprint density at radius 2 is 1.96 bits per heavy atom. The van der Waals surface area contributed by atoms with Crippen molar-refractivity contribution in [3.8, 4) is 0 Å². The highest BCUT2D eigenvalue weighted by Crippen LogP contribution is 2.35. The van der Waals surface area contributed by atoms with E-state index in [1.54, 1.807) is 13.1 Å². The second kappa shape index (κ2) is 6.82. The number of aryl methyl sites for hydroxylation is 1. The number of esters is 1. The van der Waals surface area contributed by atoms with E-state index in [1.165, 1.54) is 17.7 Å². The summed E-state index contributed by atoms with van der Waals surface area (Å²) in [5.41, 5.74) is 2.89. The first-order valence-corrected chi connectivity index (χ1v) is 8.61. The Morgan fingerprint density at radius 3 is 2.69 bits per heavy atom. The van der Waals surface area contributed by atoms with E-state index in [1.807, 2.05) is 6.92 Å². The molecule has 0 saturated carbocycles. The Bertz CT molecular complexity index is 987. The van der Waals surface area contributed by atoms with E-state index in [4.69, 9.17) is 4.74 Å². The number of carbonyl (C=O) groups is 1. The maximum Gasteiger partial charge on any atom is 0.340 e. The monoisotopic (exact) mass is 357 g/mol. The van der Waals surface area contributed by atoms with Crippen molar-refractivity contribution in [1.29, 1.82) is 0 Å². The van der Waals surface area contributed by atoms with Crippen LogP contribution in [0.3, 0.4) is 0 Å². The molecule has 0 amide bonds. The zero-order valence-corrected chi connectivity index (χ0v) is 15.5. The molecule has 2 heterocycles. The van der Waals surface area contributed by atoms with Crippen LogP contribution in [0.25, 0.3) is 0 Å². The number of nitrogens with one attached hydrogen (secondary N) is 1. The molecule has 1 atom stereocenters. The Hall–Kier alpha value is -2.83. The number of ether oxygens (including phenoxy) is 1. The van der Waals surface area contributed by atoms with Crippen LogP contribution in [0.2, 0.25) is 0 Å². The molecule has 2 aromatic rings. The molecule has 1 aliphatic rings. The highest BCUT2D eigenvalue weighted by Gasteiger charge is 2.23. The van der Waals surface area contributed by atoms with Gasteiger partial charge in [-0.25, -0.2) is 9.59 Å². The summed E-state index contributed by atoms with van der Waals surface area (Å²) in [6.45, 7) is 4.76. The largest absolute Gasteiger partial charge is 0.456 e. The maximum absolute atomic E-state index is 12.7. The van der Waals surface area contributed by atoms with E-state index in [2.05, 4.69) is 18.3 Å². The van der Waals surface area contributed by atoms with Crippen LogP contribution in [0.5, 0.6) is 0 Å². The van der Waals surface area contributed by atoms with Gasteiger partial charge in [-0.05, 0) is 36.5 Å². The molecule has 3 rings (SSSR count). The summed E-state index contributed by atoms with van der Waals surface area (Å²) in [4.78, 5) is 36.4. The molecule has 1 aromatic carbocycles. The van der Waals surface area contributed by atoms with Crippen molar-refractivity contribution < 1.29 is 9.53 Å². The number of rotatable bonds is 3. The first-order chi connectivity index (χ1) is 12.3. The van der Waals surface area contributed by atoms with Gasteiger partial charge < -0.3 is 10.1 Å². The van der Waals surface area contributed by atoms with E-state index < -0.39 is 17.2 Å². The van der Waals surface area contributed by atoms with Crippen LogP contribution in [0, 0.1) is 6.92 Å². The van der Waals surface area contributed by atoms with Crippen molar-refractivity contribution in [3.63, 3.8) is 0 Å². The second-order valence-electron chi connectivity index (χ2n) is 6.84. The van der Waals surface area contributed by atoms with Gasteiger partial charge in [0.15, 0.2) is 0 Å². The van der Waals surface area contributed by atoms with Gasteiger partial charge in [-0.15, -0.1) is 0 Å². The average Bonchev–Trinajstić information content (AvgIpc) is 2.61. The first kappa shape index (κ1) is 18.0. The summed E-state index contributed by atoms with van der Waals surface area (Å²) in [6.07, 6.45) is 1.01. The number of aromatic nitrogens is 2. The minimum absolute atomic E-state index is 0.140. The van der Waals surface area contributed by atoms with Gasteiger partial charge in [-0.1, -0.05) is 13.0 Å². The zero-order chi connectivity index (χ0) is 19.0. The molecule has 138 valence electrons. The SMILES string of the molecule is Cc1cc(C(=O)OCc2cc(=O)n(C)c(=O)n2C)c2c(c1)C(C)CCN2. The smallest absolute Gasteiger partial charge is 0.340 e. The molecule has 26 heavy (non-hydrogen) atoms. The normalized spacial score (nSPS) is 15.9. The maximum atomic E-state index is 12.7. The van der Waals surface area contributed by atoms with Crippen LogP contribution < -0.4 is 16.6 Å². The fourth-order valence-corrected chi connectivity index (χ4v) is 3.26. The summed E-state index contributed by atoms with van der Waals surface area (Å²) < 4.78 is 7.73. The van der Waals surface area contributed by atoms with Crippen LogP contribution in [0.15, 0.2) is 27.8 Å². The molecular formula is C19H23N3O4. The molecule has 7 nitrogen and oxygen atoms in total. The summed E-state index contributed by atoms with van der Waals surface area (Å²) in [7, 11) is 2.95. The molecule has 0 spiro atoms. The summed E-state index contributed by atoms with van der Waals surface area (Å²) in [5.74, 6) is -0.102. The fraction of sp³-hybridized carbons (Fsp3) is 0.421.